The van der Waals surface area contributed by atoms with Gasteiger partial charge in [0.25, 0.3) is 0 Å². The Morgan fingerprint density at radius 2 is 1.07 bits per heavy atom. The van der Waals surface area contributed by atoms with Crippen LogP contribution in [0.4, 0.5) is 0 Å². The Hall–Kier alpha value is -2.59. The third kappa shape index (κ3) is 3.25. The van der Waals surface area contributed by atoms with E-state index in [1.165, 1.54) is 29.3 Å². The van der Waals surface area contributed by atoms with E-state index in [1.54, 1.807) is 0 Å². The molecule has 2 aromatic heterocycles. The summed E-state index contributed by atoms with van der Waals surface area (Å²) in [5.74, 6) is 0. The van der Waals surface area contributed by atoms with Crippen molar-refractivity contribution in [2.75, 3.05) is 0 Å². The molecule has 0 radical (unpaired) electrons. The van der Waals surface area contributed by atoms with Gasteiger partial charge in [0, 0.05) is 9.79 Å². The van der Waals surface area contributed by atoms with E-state index >= 15 is 0 Å². The highest BCUT2D eigenvalue weighted by atomic mass is 32.3. The zero-order chi connectivity index (χ0) is 19.5. The molecule has 5 rings (SSSR count). The molecule has 0 aliphatic heterocycles. The molecule has 2 heterocycles. The molecule has 0 saturated heterocycles. The summed E-state index contributed by atoms with van der Waals surface area (Å²) in [5, 5.41) is 4.51. The first-order valence-corrected chi connectivity index (χ1v) is 12.9. The summed E-state index contributed by atoms with van der Waals surface area (Å²) in [6, 6.07) is 39.6. The van der Waals surface area contributed by atoms with Crippen molar-refractivity contribution >= 4 is 32.7 Å². The molecule has 142 valence electrons. The van der Waals surface area contributed by atoms with Gasteiger partial charge in [0.05, 0.1) is 8.42 Å². The Balaban J connectivity index is 1.81. The first-order valence-electron chi connectivity index (χ1n) is 9.50. The lowest BCUT2D eigenvalue weighted by atomic mass is 10.1. The van der Waals surface area contributed by atoms with Crippen LogP contribution in [0.15, 0.2) is 138 Å². The monoisotopic (exact) mass is 428 g/mol. The van der Waals surface area contributed by atoms with Crippen LogP contribution in [0, 0.1) is 0 Å². The molecule has 0 saturated carbocycles. The molecule has 5 aromatic rings. The van der Waals surface area contributed by atoms with Crippen molar-refractivity contribution in [2.24, 2.45) is 0 Å². The molecule has 0 unspecified atom stereocenters. The molecule has 0 nitrogen and oxygen atoms in total. The molecule has 3 heteroatoms. The summed E-state index contributed by atoms with van der Waals surface area (Å²) < 4.78 is 2.85. The molecule has 0 aliphatic rings. The third-order valence-corrected chi connectivity index (χ3v) is 11.9. The predicted octanol–water partition coefficient (Wildman–Crippen LogP) is 8.82. The van der Waals surface area contributed by atoms with Crippen LogP contribution in [0.5, 0.6) is 0 Å². The van der Waals surface area contributed by atoms with Crippen LogP contribution in [-0.2, 0) is 0 Å². The Morgan fingerprint density at radius 1 is 0.483 bits per heavy atom. The van der Waals surface area contributed by atoms with E-state index in [-0.39, 0.29) is 0 Å². The molecule has 0 fully saturated rings. The molecule has 0 N–H and O–H groups in total. The van der Waals surface area contributed by atoms with Crippen molar-refractivity contribution < 1.29 is 0 Å². The van der Waals surface area contributed by atoms with E-state index in [0.717, 1.165) is 0 Å². The van der Waals surface area contributed by atoms with Crippen LogP contribution in [0.25, 0.3) is 11.1 Å². The largest absolute Gasteiger partial charge is 0.138 e. The summed E-state index contributed by atoms with van der Waals surface area (Å²) in [5.41, 5.74) is 2.57. The van der Waals surface area contributed by atoms with Crippen molar-refractivity contribution in [1.29, 1.82) is 0 Å². The standard InChI is InChI=1S/C26H20S3/c1-4-11-21(12-5-1)22-19-26(28-20-22)29(25-17-10-18-27-25,23-13-6-2-7-14-23)24-15-8-3-9-16-24/h1-20H. The normalized spacial score (nSPS) is 12.0. The van der Waals surface area contributed by atoms with Gasteiger partial charge in [0.2, 0.25) is 0 Å². The molecular weight excluding hydrogens is 408 g/mol. The van der Waals surface area contributed by atoms with Crippen LogP contribution in [0.2, 0.25) is 0 Å². The van der Waals surface area contributed by atoms with E-state index in [0.29, 0.717) is 0 Å². The fourth-order valence-electron chi connectivity index (χ4n) is 3.65. The topological polar surface area (TPSA) is 0 Å². The maximum atomic E-state index is 2.41. The Labute approximate surface area is 181 Å². The third-order valence-electron chi connectivity index (χ3n) is 4.97. The fraction of sp³-hybridized carbons (Fsp3) is 0. The van der Waals surface area contributed by atoms with Crippen LogP contribution in [-0.4, -0.2) is 0 Å². The molecule has 0 aliphatic carbocycles. The van der Waals surface area contributed by atoms with Crippen molar-refractivity contribution in [2.45, 2.75) is 18.2 Å². The molecule has 0 bridgehead atoms. The summed E-state index contributed by atoms with van der Waals surface area (Å²) in [4.78, 5) is 2.77. The first-order chi connectivity index (χ1) is 14.4. The number of thiophene rings is 2. The Morgan fingerprint density at radius 3 is 1.62 bits per heavy atom. The van der Waals surface area contributed by atoms with Crippen LogP contribution in [0.1, 0.15) is 0 Å². The van der Waals surface area contributed by atoms with Gasteiger partial charge in [0.15, 0.2) is 0 Å². The lowest BCUT2D eigenvalue weighted by molar-refractivity contribution is 1.31. The molecule has 0 atom stereocenters. The van der Waals surface area contributed by atoms with Gasteiger partial charge in [-0.1, -0.05) is 72.8 Å². The van der Waals surface area contributed by atoms with Gasteiger partial charge < -0.3 is 0 Å². The van der Waals surface area contributed by atoms with Crippen LogP contribution < -0.4 is 0 Å². The van der Waals surface area contributed by atoms with Gasteiger partial charge >= 0.3 is 0 Å². The highest BCUT2D eigenvalue weighted by molar-refractivity contribution is 8.35. The minimum Gasteiger partial charge on any atom is -0.138 e. The summed E-state index contributed by atoms with van der Waals surface area (Å²) in [7, 11) is -1.52. The Kier molecular flexibility index (Phi) is 5.11. The zero-order valence-electron chi connectivity index (χ0n) is 15.8. The predicted molar refractivity (Wildman–Crippen MR) is 128 cm³/mol. The van der Waals surface area contributed by atoms with Crippen molar-refractivity contribution in [3.63, 3.8) is 0 Å². The Bertz CT molecular complexity index is 1140. The number of benzene rings is 3. The maximum Gasteiger partial charge on any atom is 0.0563 e. The molecule has 0 amide bonds. The van der Waals surface area contributed by atoms with Crippen molar-refractivity contribution in [1.82, 2.24) is 0 Å². The highest BCUT2D eigenvalue weighted by Crippen LogP contribution is 2.75. The van der Waals surface area contributed by atoms with Crippen molar-refractivity contribution in [3.05, 3.63) is 120 Å². The van der Waals surface area contributed by atoms with Crippen LogP contribution in [0.3, 0.4) is 0 Å². The first kappa shape index (κ1) is 18.4. The quantitative estimate of drug-likeness (QED) is 0.262. The second-order valence-corrected chi connectivity index (χ2v) is 12.1. The van der Waals surface area contributed by atoms with Crippen LogP contribution >= 0.6 is 32.7 Å². The van der Waals surface area contributed by atoms with Gasteiger partial charge in [-0.25, -0.2) is 0 Å². The SMILES string of the molecule is c1ccc(-c2csc(S(c3ccccc3)(c3ccccc3)c3cccs3)c2)cc1. The summed E-state index contributed by atoms with van der Waals surface area (Å²) >= 11 is 3.75. The van der Waals surface area contributed by atoms with Gasteiger partial charge in [-0.2, -0.15) is 0 Å². The van der Waals surface area contributed by atoms with E-state index < -0.39 is 10.0 Å². The molecule has 0 spiro atoms. The van der Waals surface area contributed by atoms with Crippen molar-refractivity contribution in [3.8, 4) is 11.1 Å². The smallest absolute Gasteiger partial charge is 0.0563 e. The second kappa shape index (κ2) is 8.03. The van der Waals surface area contributed by atoms with Gasteiger partial charge in [0.1, 0.15) is 0 Å². The van der Waals surface area contributed by atoms with E-state index in [9.17, 15) is 0 Å². The summed E-state index contributed by atoms with van der Waals surface area (Å²) in [6.45, 7) is 0. The lowest BCUT2D eigenvalue weighted by Crippen LogP contribution is -2.01. The van der Waals surface area contributed by atoms with Gasteiger partial charge in [-0.15, -0.1) is 32.7 Å². The number of hydrogen-bond donors (Lipinski definition) is 0. The molecule has 29 heavy (non-hydrogen) atoms. The van der Waals surface area contributed by atoms with E-state index in [2.05, 4.69) is 120 Å². The summed E-state index contributed by atoms with van der Waals surface area (Å²) in [6.07, 6.45) is 0. The lowest BCUT2D eigenvalue weighted by Gasteiger charge is -2.39. The number of rotatable bonds is 5. The van der Waals surface area contributed by atoms with E-state index in [1.807, 2.05) is 22.7 Å². The zero-order valence-corrected chi connectivity index (χ0v) is 18.2. The minimum absolute atomic E-state index is 1.27. The average Bonchev–Trinajstić information content (AvgIpc) is 3.50. The maximum absolute atomic E-state index is 2.41. The average molecular weight is 429 g/mol. The molecule has 3 aromatic carbocycles. The minimum atomic E-state index is -1.52. The van der Waals surface area contributed by atoms with E-state index in [4.69, 9.17) is 0 Å². The second-order valence-electron chi connectivity index (χ2n) is 6.69. The van der Waals surface area contributed by atoms with Gasteiger partial charge in [-0.3, -0.25) is 0 Å². The fourth-order valence-corrected chi connectivity index (χ4v) is 11.2. The highest BCUT2D eigenvalue weighted by Gasteiger charge is 2.35. The number of hydrogen-bond acceptors (Lipinski definition) is 2. The molecular formula is C26H20S3. The van der Waals surface area contributed by atoms with Gasteiger partial charge in [-0.05, 0) is 58.3 Å².